The van der Waals surface area contributed by atoms with Crippen molar-refractivity contribution in [3.8, 4) is 22.6 Å². The maximum atomic E-state index is 13.4. The van der Waals surface area contributed by atoms with Gasteiger partial charge in [0.05, 0.1) is 35.4 Å². The zero-order chi connectivity index (χ0) is 29.4. The molecule has 0 saturated heterocycles. The molecule has 0 aromatic heterocycles. The maximum absolute atomic E-state index is 13.4. The number of nitrogens with zero attached hydrogens (tertiary/aromatic N) is 1. The van der Waals surface area contributed by atoms with E-state index in [4.69, 9.17) is 21.1 Å². The number of carbonyl (C=O) groups is 1. The fraction of sp³-hybridized carbons (Fsp3) is 0.107. The third kappa shape index (κ3) is 5.53. The molecule has 212 valence electrons. The molecule has 4 aromatic carbocycles. The number of anilines is 3. The van der Waals surface area contributed by atoms with E-state index in [-0.39, 0.29) is 26.9 Å². The van der Waals surface area contributed by atoms with E-state index in [1.165, 1.54) is 50.6 Å². The summed E-state index contributed by atoms with van der Waals surface area (Å²) in [6.07, 6.45) is 0. The van der Waals surface area contributed by atoms with Gasteiger partial charge in [-0.3, -0.25) is 13.8 Å². The smallest absolute Gasteiger partial charge is 0.265 e. The van der Waals surface area contributed by atoms with Crippen LogP contribution in [0.1, 0.15) is 0 Å². The Morgan fingerprint density at radius 1 is 0.902 bits per heavy atom. The number of methoxy groups -OCH3 is 2. The molecule has 2 N–H and O–H groups in total. The van der Waals surface area contributed by atoms with Crippen LogP contribution in [0.15, 0.2) is 94.7 Å². The van der Waals surface area contributed by atoms with Gasteiger partial charge in [-0.05, 0) is 60.7 Å². The van der Waals surface area contributed by atoms with Crippen molar-refractivity contribution in [2.24, 2.45) is 0 Å². The summed E-state index contributed by atoms with van der Waals surface area (Å²) < 4.78 is 66.7. The molecule has 4 aromatic rings. The van der Waals surface area contributed by atoms with E-state index in [0.29, 0.717) is 27.6 Å². The highest BCUT2D eigenvalue weighted by molar-refractivity contribution is 7.93. The first-order valence-electron chi connectivity index (χ1n) is 12.1. The van der Waals surface area contributed by atoms with Gasteiger partial charge in [-0.2, -0.15) is 0 Å². The van der Waals surface area contributed by atoms with E-state index in [2.05, 4.69) is 10.0 Å². The van der Waals surface area contributed by atoms with Gasteiger partial charge in [-0.25, -0.2) is 16.8 Å². The summed E-state index contributed by atoms with van der Waals surface area (Å²) in [6.45, 7) is -0.510. The molecular formula is C28H24ClN3O7S2. The molecule has 0 bridgehead atoms. The van der Waals surface area contributed by atoms with Gasteiger partial charge in [-0.1, -0.05) is 29.8 Å². The third-order valence-electron chi connectivity index (χ3n) is 6.36. The summed E-state index contributed by atoms with van der Waals surface area (Å²) in [4.78, 5) is 13.0. The molecule has 0 aliphatic carbocycles. The number of benzene rings is 4. The van der Waals surface area contributed by atoms with Gasteiger partial charge < -0.3 is 14.8 Å². The number of amides is 1. The zero-order valence-electron chi connectivity index (χ0n) is 21.8. The number of rotatable bonds is 8. The van der Waals surface area contributed by atoms with E-state index in [1.54, 1.807) is 48.5 Å². The van der Waals surface area contributed by atoms with Crippen molar-refractivity contribution in [1.82, 2.24) is 0 Å². The lowest BCUT2D eigenvalue weighted by molar-refractivity contribution is -0.114. The van der Waals surface area contributed by atoms with Gasteiger partial charge in [0.2, 0.25) is 5.91 Å². The van der Waals surface area contributed by atoms with Gasteiger partial charge in [0.25, 0.3) is 20.0 Å². The topological polar surface area (TPSA) is 131 Å². The van der Waals surface area contributed by atoms with Crippen molar-refractivity contribution in [2.45, 2.75) is 9.79 Å². The van der Waals surface area contributed by atoms with Gasteiger partial charge in [0.1, 0.15) is 18.0 Å². The molecule has 10 nitrogen and oxygen atoms in total. The highest BCUT2D eigenvalue weighted by atomic mass is 35.5. The Labute approximate surface area is 242 Å². The van der Waals surface area contributed by atoms with Crippen LogP contribution in [-0.4, -0.2) is 43.5 Å². The normalized spacial score (nSPS) is 13.5. The standard InChI is InChI=1S/C28H24ClN3O7S2/c1-38-20-10-13-24(26(16-20)39-2)31-40(34,35)21-11-8-19(9-12-21)30-28(33)17-32-25-14-7-18(29)15-23(25)22-5-3-4-6-27(22)41(32,36)37/h3-16,31H,17H2,1-2H3,(H,30,33). The van der Waals surface area contributed by atoms with Crippen LogP contribution in [0.3, 0.4) is 0 Å². The van der Waals surface area contributed by atoms with Crippen molar-refractivity contribution in [2.75, 3.05) is 35.1 Å². The summed E-state index contributed by atoms with van der Waals surface area (Å²) in [7, 11) is -5.14. The molecule has 0 unspecified atom stereocenters. The second-order valence-corrected chi connectivity index (χ2v) is 12.9. The zero-order valence-corrected chi connectivity index (χ0v) is 24.2. The summed E-state index contributed by atoms with van der Waals surface area (Å²) in [5.41, 5.74) is 1.91. The molecule has 0 radical (unpaired) electrons. The lowest BCUT2D eigenvalue weighted by atomic mass is 10.0. The predicted octanol–water partition coefficient (Wildman–Crippen LogP) is 4.97. The van der Waals surface area contributed by atoms with Crippen LogP contribution in [-0.2, 0) is 24.8 Å². The first-order chi connectivity index (χ1) is 19.5. The minimum atomic E-state index is -4.04. The molecule has 0 spiro atoms. The summed E-state index contributed by atoms with van der Waals surface area (Å²) in [5.74, 6) is 0.153. The number of sulfonamides is 2. The average Bonchev–Trinajstić information content (AvgIpc) is 2.96. The molecule has 1 amide bonds. The quantitative estimate of drug-likeness (QED) is 0.287. The molecule has 0 saturated carbocycles. The first kappa shape index (κ1) is 28.3. The van der Waals surface area contributed by atoms with Crippen LogP contribution < -0.4 is 23.8 Å². The fourth-order valence-corrected chi connectivity index (χ4v) is 7.30. The Kier molecular flexibility index (Phi) is 7.56. The molecule has 0 fully saturated rings. The number of fused-ring (bicyclic) bond motifs is 3. The van der Waals surface area contributed by atoms with Crippen molar-refractivity contribution < 1.29 is 31.1 Å². The van der Waals surface area contributed by atoms with E-state index >= 15 is 0 Å². The molecule has 5 rings (SSSR count). The van der Waals surface area contributed by atoms with E-state index in [9.17, 15) is 21.6 Å². The van der Waals surface area contributed by atoms with Crippen LogP contribution in [0.4, 0.5) is 17.1 Å². The molecule has 1 aliphatic rings. The number of carbonyl (C=O) groups excluding carboxylic acids is 1. The summed E-state index contributed by atoms with van der Waals surface area (Å²) in [5, 5.41) is 3.06. The average molecular weight is 614 g/mol. The molecule has 1 aliphatic heterocycles. The summed E-state index contributed by atoms with van der Waals surface area (Å²) >= 11 is 6.19. The minimum absolute atomic E-state index is 0.0607. The lowest BCUT2D eigenvalue weighted by Crippen LogP contribution is -2.40. The highest BCUT2D eigenvalue weighted by Gasteiger charge is 2.36. The Bertz CT molecular complexity index is 1860. The highest BCUT2D eigenvalue weighted by Crippen LogP contribution is 2.43. The van der Waals surface area contributed by atoms with Gasteiger partial charge >= 0.3 is 0 Å². The molecule has 13 heteroatoms. The van der Waals surface area contributed by atoms with Gasteiger partial charge in [-0.15, -0.1) is 0 Å². The van der Waals surface area contributed by atoms with Crippen molar-refractivity contribution in [3.05, 3.63) is 90.0 Å². The first-order valence-corrected chi connectivity index (χ1v) is 15.4. The Morgan fingerprint density at radius 2 is 1.63 bits per heavy atom. The Hall–Kier alpha value is -4.26. The van der Waals surface area contributed by atoms with E-state index in [0.717, 1.165) is 4.31 Å². The van der Waals surface area contributed by atoms with Crippen LogP contribution in [0.2, 0.25) is 5.02 Å². The fourth-order valence-electron chi connectivity index (χ4n) is 4.41. The monoisotopic (exact) mass is 613 g/mol. The molecule has 41 heavy (non-hydrogen) atoms. The molecular weight excluding hydrogens is 590 g/mol. The Balaban J connectivity index is 1.34. The lowest BCUT2D eigenvalue weighted by Gasteiger charge is -2.31. The van der Waals surface area contributed by atoms with Crippen LogP contribution in [0.25, 0.3) is 11.1 Å². The van der Waals surface area contributed by atoms with E-state index < -0.39 is 32.5 Å². The van der Waals surface area contributed by atoms with E-state index in [1.807, 2.05) is 0 Å². The number of ether oxygens (including phenoxy) is 2. The minimum Gasteiger partial charge on any atom is -0.497 e. The molecule has 0 atom stereocenters. The molecule has 1 heterocycles. The van der Waals surface area contributed by atoms with Crippen LogP contribution in [0.5, 0.6) is 11.5 Å². The third-order valence-corrected chi connectivity index (χ3v) is 9.80. The van der Waals surface area contributed by atoms with Crippen molar-refractivity contribution >= 4 is 54.6 Å². The van der Waals surface area contributed by atoms with Gasteiger partial charge in [0.15, 0.2) is 0 Å². The van der Waals surface area contributed by atoms with Crippen LogP contribution in [0, 0.1) is 0 Å². The SMILES string of the molecule is COc1ccc(NS(=O)(=O)c2ccc(NC(=O)CN3c4ccc(Cl)cc4-c4ccccc4S3(=O)=O)cc2)c(OC)c1. The number of hydrogen-bond donors (Lipinski definition) is 2. The summed E-state index contributed by atoms with van der Waals surface area (Å²) in [6, 6.07) is 21.4. The predicted molar refractivity (Wildman–Crippen MR) is 157 cm³/mol. The second-order valence-electron chi connectivity index (χ2n) is 8.91. The number of halogens is 1. The number of nitrogens with one attached hydrogen (secondary N) is 2. The maximum Gasteiger partial charge on any atom is 0.265 e. The number of hydrogen-bond acceptors (Lipinski definition) is 7. The second kappa shape index (κ2) is 11.0. The van der Waals surface area contributed by atoms with Crippen LogP contribution >= 0.6 is 11.6 Å². The van der Waals surface area contributed by atoms with Crippen molar-refractivity contribution in [3.63, 3.8) is 0 Å². The van der Waals surface area contributed by atoms with Crippen molar-refractivity contribution in [1.29, 1.82) is 0 Å². The Morgan fingerprint density at radius 3 is 2.34 bits per heavy atom. The van der Waals surface area contributed by atoms with Gasteiger partial charge in [0, 0.05) is 27.9 Å². The largest absolute Gasteiger partial charge is 0.497 e.